The number of fused-ring (bicyclic) bond motifs is 2. The Hall–Kier alpha value is -2.37. The summed E-state index contributed by atoms with van der Waals surface area (Å²) >= 11 is 0. The van der Waals surface area contributed by atoms with Crippen LogP contribution in [0.5, 0.6) is 5.75 Å². The van der Waals surface area contributed by atoms with Crippen LogP contribution < -0.4 is 15.4 Å². The number of carbonyl (C=O) groups excluding carboxylic acids is 1. The number of hydrogen-bond acceptors (Lipinski definition) is 5. The third kappa shape index (κ3) is 4.23. The van der Waals surface area contributed by atoms with Crippen LogP contribution in [0.25, 0.3) is 0 Å². The molecule has 0 spiro atoms. The fraction of sp³-hybridized carbons (Fsp3) is 0.480. The maximum Gasteiger partial charge on any atom is 0.310 e. The van der Waals surface area contributed by atoms with Gasteiger partial charge < -0.3 is 20.1 Å². The fourth-order valence-corrected chi connectivity index (χ4v) is 5.28. The molecule has 5 atom stereocenters. The fourth-order valence-electron chi connectivity index (χ4n) is 5.28. The second-order valence-electron chi connectivity index (χ2n) is 8.59. The number of nitrogens with one attached hydrogen (secondary N) is 2. The van der Waals surface area contributed by atoms with E-state index in [9.17, 15) is 4.79 Å². The third-order valence-electron chi connectivity index (χ3n) is 6.78. The summed E-state index contributed by atoms with van der Waals surface area (Å²) in [6.07, 6.45) is 2.90. The molecule has 30 heavy (non-hydrogen) atoms. The number of benzene rings is 2. The maximum absolute atomic E-state index is 12.3. The second-order valence-corrected chi connectivity index (χ2v) is 8.59. The van der Waals surface area contributed by atoms with Gasteiger partial charge in [-0.25, -0.2) is 0 Å². The third-order valence-corrected chi connectivity index (χ3v) is 6.78. The summed E-state index contributed by atoms with van der Waals surface area (Å²) in [7, 11) is 3.22. The van der Waals surface area contributed by atoms with Crippen molar-refractivity contribution in [1.29, 1.82) is 0 Å². The summed E-state index contributed by atoms with van der Waals surface area (Å²) in [4.78, 5) is 12.3. The number of methoxy groups -OCH3 is 2. The minimum Gasteiger partial charge on any atom is -0.496 e. The van der Waals surface area contributed by atoms with Crippen LogP contribution in [0.1, 0.15) is 42.0 Å². The highest BCUT2D eigenvalue weighted by atomic mass is 16.5. The number of aryl methyl sites for hydroxylation is 1. The van der Waals surface area contributed by atoms with Crippen LogP contribution in [-0.2, 0) is 16.1 Å². The molecule has 5 unspecified atom stereocenters. The molecule has 5 heteroatoms. The van der Waals surface area contributed by atoms with Gasteiger partial charge in [0.25, 0.3) is 0 Å². The van der Waals surface area contributed by atoms with Gasteiger partial charge in [0.15, 0.2) is 0 Å². The van der Waals surface area contributed by atoms with Crippen LogP contribution in [0.4, 0.5) is 0 Å². The lowest BCUT2D eigenvalue weighted by atomic mass is 9.69. The number of carbonyl (C=O) groups is 1. The highest BCUT2D eigenvalue weighted by Gasteiger charge is 2.46. The van der Waals surface area contributed by atoms with Crippen LogP contribution >= 0.6 is 0 Å². The largest absolute Gasteiger partial charge is 0.496 e. The molecular weight excluding hydrogens is 376 g/mol. The van der Waals surface area contributed by atoms with E-state index >= 15 is 0 Å². The molecule has 160 valence electrons. The molecule has 2 aliphatic rings. The zero-order chi connectivity index (χ0) is 21.1. The van der Waals surface area contributed by atoms with E-state index in [0.29, 0.717) is 5.92 Å². The van der Waals surface area contributed by atoms with Crippen molar-refractivity contribution in [2.75, 3.05) is 14.2 Å². The van der Waals surface area contributed by atoms with Gasteiger partial charge >= 0.3 is 5.97 Å². The molecule has 1 heterocycles. The Balaban J connectivity index is 1.58. The van der Waals surface area contributed by atoms with Crippen molar-refractivity contribution in [2.24, 2.45) is 11.8 Å². The van der Waals surface area contributed by atoms with Gasteiger partial charge in [-0.2, -0.15) is 0 Å². The normalized spacial score (nSPS) is 28.0. The molecule has 5 nitrogen and oxygen atoms in total. The van der Waals surface area contributed by atoms with Gasteiger partial charge in [0, 0.05) is 30.2 Å². The summed E-state index contributed by atoms with van der Waals surface area (Å²) < 4.78 is 10.7. The monoisotopic (exact) mass is 408 g/mol. The minimum absolute atomic E-state index is 0.0599. The number of rotatable bonds is 6. The number of piperidine rings is 1. The lowest BCUT2D eigenvalue weighted by Crippen LogP contribution is -2.60. The molecule has 0 amide bonds. The zero-order valence-electron chi connectivity index (χ0n) is 18.1. The first kappa shape index (κ1) is 20.9. The van der Waals surface area contributed by atoms with Crippen LogP contribution in [0.15, 0.2) is 48.5 Å². The van der Waals surface area contributed by atoms with E-state index in [2.05, 4.69) is 54.0 Å². The van der Waals surface area contributed by atoms with Gasteiger partial charge in [0.05, 0.1) is 20.1 Å². The molecular formula is C25H32N2O3. The Morgan fingerprint density at radius 3 is 2.67 bits per heavy atom. The van der Waals surface area contributed by atoms with Crippen molar-refractivity contribution in [3.63, 3.8) is 0 Å². The van der Waals surface area contributed by atoms with Crippen molar-refractivity contribution in [2.45, 2.75) is 50.9 Å². The predicted octanol–water partition coefficient (Wildman–Crippen LogP) is 3.76. The van der Waals surface area contributed by atoms with Crippen LogP contribution in [0.2, 0.25) is 0 Å². The van der Waals surface area contributed by atoms with Crippen molar-refractivity contribution in [3.05, 3.63) is 65.2 Å². The Bertz CT molecular complexity index is 870. The van der Waals surface area contributed by atoms with Gasteiger partial charge in [0.1, 0.15) is 5.75 Å². The maximum atomic E-state index is 12.3. The second kappa shape index (κ2) is 9.19. The summed E-state index contributed by atoms with van der Waals surface area (Å²) in [5.41, 5.74) is 3.66. The average molecular weight is 409 g/mol. The topological polar surface area (TPSA) is 59.6 Å². The predicted molar refractivity (Wildman–Crippen MR) is 117 cm³/mol. The molecule has 1 aliphatic heterocycles. The zero-order valence-corrected chi connectivity index (χ0v) is 18.1. The van der Waals surface area contributed by atoms with Gasteiger partial charge in [-0.3, -0.25) is 4.79 Å². The first-order valence-electron chi connectivity index (χ1n) is 10.9. The van der Waals surface area contributed by atoms with E-state index < -0.39 is 0 Å². The molecule has 0 radical (unpaired) electrons. The summed E-state index contributed by atoms with van der Waals surface area (Å²) in [6, 6.07) is 17.5. The van der Waals surface area contributed by atoms with Crippen LogP contribution in [0, 0.1) is 18.8 Å². The SMILES string of the molecule is COC(=O)C1CCC2CC1NC(c1ccccc1)C2NCc1cc(C)ccc1OC. The van der Waals surface area contributed by atoms with Crippen molar-refractivity contribution < 1.29 is 14.3 Å². The van der Waals surface area contributed by atoms with Gasteiger partial charge in [-0.15, -0.1) is 0 Å². The van der Waals surface area contributed by atoms with E-state index in [0.717, 1.165) is 31.6 Å². The summed E-state index contributed by atoms with van der Waals surface area (Å²) in [5.74, 6) is 1.28. The average Bonchev–Trinajstić information content (AvgIpc) is 2.78. The van der Waals surface area contributed by atoms with Crippen LogP contribution in [-0.4, -0.2) is 32.3 Å². The smallest absolute Gasteiger partial charge is 0.310 e. The number of hydrogen-bond donors (Lipinski definition) is 2. The van der Waals surface area contributed by atoms with Crippen molar-refractivity contribution in [1.82, 2.24) is 10.6 Å². The molecule has 2 bridgehead atoms. The molecule has 1 saturated carbocycles. The van der Waals surface area contributed by atoms with Gasteiger partial charge in [-0.05, 0) is 43.7 Å². The minimum atomic E-state index is -0.0892. The van der Waals surface area contributed by atoms with E-state index in [1.807, 2.05) is 12.1 Å². The van der Waals surface area contributed by atoms with E-state index in [1.165, 1.54) is 23.8 Å². The van der Waals surface area contributed by atoms with E-state index in [4.69, 9.17) is 9.47 Å². The Morgan fingerprint density at radius 2 is 1.93 bits per heavy atom. The molecule has 1 aliphatic carbocycles. The first-order chi connectivity index (χ1) is 14.6. The molecule has 2 aromatic carbocycles. The molecule has 1 saturated heterocycles. The summed E-state index contributed by atoms with van der Waals surface area (Å²) in [5, 5.41) is 7.64. The molecule has 4 rings (SSSR count). The van der Waals surface area contributed by atoms with Crippen molar-refractivity contribution in [3.8, 4) is 5.75 Å². The Kier molecular flexibility index (Phi) is 6.40. The molecule has 2 N–H and O–H groups in total. The lowest BCUT2D eigenvalue weighted by molar-refractivity contribution is -0.149. The molecule has 2 fully saturated rings. The lowest BCUT2D eigenvalue weighted by Gasteiger charge is -2.49. The van der Waals surface area contributed by atoms with Gasteiger partial charge in [-0.1, -0.05) is 48.0 Å². The molecule has 0 aromatic heterocycles. The number of esters is 1. The van der Waals surface area contributed by atoms with Crippen LogP contribution in [0.3, 0.4) is 0 Å². The molecule has 2 aromatic rings. The standard InChI is InChI=1S/C25H32N2O3/c1-16-9-12-22(29-2)19(13-16)15-26-23-18-10-11-20(25(28)30-3)21(14-18)27-24(23)17-7-5-4-6-8-17/h4-9,12-13,18,20-21,23-24,26-27H,10-11,14-15H2,1-3H3. The highest BCUT2D eigenvalue weighted by Crippen LogP contribution is 2.41. The quantitative estimate of drug-likeness (QED) is 0.713. The Morgan fingerprint density at radius 1 is 1.13 bits per heavy atom. The highest BCUT2D eigenvalue weighted by molar-refractivity contribution is 5.73. The van der Waals surface area contributed by atoms with E-state index in [-0.39, 0.29) is 30.0 Å². The first-order valence-corrected chi connectivity index (χ1v) is 10.9. The van der Waals surface area contributed by atoms with Crippen molar-refractivity contribution >= 4 is 5.97 Å². The summed E-state index contributed by atoms with van der Waals surface area (Å²) in [6.45, 7) is 2.86. The Labute approximate surface area is 179 Å². The van der Waals surface area contributed by atoms with Gasteiger partial charge in [0.2, 0.25) is 0 Å². The number of ether oxygens (including phenoxy) is 2. The van der Waals surface area contributed by atoms with E-state index in [1.54, 1.807) is 7.11 Å².